The molecule has 1 saturated carbocycles. The van der Waals surface area contributed by atoms with Gasteiger partial charge in [0.25, 0.3) is 0 Å². The molecule has 1 N–H and O–H groups in total. The van der Waals surface area contributed by atoms with Crippen LogP contribution in [0.5, 0.6) is 0 Å². The zero-order chi connectivity index (χ0) is 27.5. The summed E-state index contributed by atoms with van der Waals surface area (Å²) >= 11 is 0. The third kappa shape index (κ3) is 6.01. The second-order valence-electron chi connectivity index (χ2n) is 11.1. The molecular formula is C30H38N2O6. The average Bonchev–Trinajstić information content (AvgIpc) is 3.42. The third-order valence-electron chi connectivity index (χ3n) is 7.19. The molecule has 204 valence electrons. The van der Waals surface area contributed by atoms with E-state index in [1.807, 2.05) is 31.2 Å². The molecular weight excluding hydrogens is 484 g/mol. The smallest absolute Gasteiger partial charge is 0.411 e. The third-order valence-corrected chi connectivity index (χ3v) is 7.19. The molecule has 8 heteroatoms. The van der Waals surface area contributed by atoms with E-state index in [9.17, 15) is 14.4 Å². The summed E-state index contributed by atoms with van der Waals surface area (Å²) in [4.78, 5) is 40.9. The minimum atomic E-state index is -1.07. The maximum absolute atomic E-state index is 13.6. The van der Waals surface area contributed by atoms with Crippen LogP contribution in [0.3, 0.4) is 0 Å². The van der Waals surface area contributed by atoms with Crippen molar-refractivity contribution in [3.63, 3.8) is 0 Å². The lowest BCUT2D eigenvalue weighted by Gasteiger charge is -2.29. The summed E-state index contributed by atoms with van der Waals surface area (Å²) in [6.45, 7) is 11.5. The Kier molecular flexibility index (Phi) is 8.11. The molecule has 4 atom stereocenters. The van der Waals surface area contributed by atoms with Crippen LogP contribution in [-0.2, 0) is 30.4 Å². The second-order valence-corrected chi connectivity index (χ2v) is 11.1. The van der Waals surface area contributed by atoms with Gasteiger partial charge in [0.15, 0.2) is 0 Å². The summed E-state index contributed by atoms with van der Waals surface area (Å²) in [5.41, 5.74) is -0.761. The topological polar surface area (TPSA) is 94.2 Å². The van der Waals surface area contributed by atoms with Crippen LogP contribution in [0.15, 0.2) is 55.1 Å². The van der Waals surface area contributed by atoms with Crippen LogP contribution in [0, 0.1) is 5.92 Å². The lowest BCUT2D eigenvalue weighted by Crippen LogP contribution is -2.54. The summed E-state index contributed by atoms with van der Waals surface area (Å²) in [5.74, 6) is -0.889. The first-order chi connectivity index (χ1) is 18.1. The molecule has 1 saturated heterocycles. The van der Waals surface area contributed by atoms with Crippen molar-refractivity contribution < 1.29 is 28.6 Å². The van der Waals surface area contributed by atoms with Crippen LogP contribution in [0.4, 0.5) is 4.79 Å². The minimum absolute atomic E-state index is 0.0152. The molecule has 2 aromatic rings. The molecule has 38 heavy (non-hydrogen) atoms. The molecule has 0 radical (unpaired) electrons. The number of fused-ring (bicyclic) bond motifs is 1. The number of likely N-dealkylation sites (tertiary alicyclic amines) is 1. The molecule has 8 nitrogen and oxygen atoms in total. The Morgan fingerprint density at radius 2 is 1.89 bits per heavy atom. The van der Waals surface area contributed by atoms with E-state index < -0.39 is 35.2 Å². The first-order valence-electron chi connectivity index (χ1n) is 13.3. The molecule has 1 aliphatic heterocycles. The van der Waals surface area contributed by atoms with Gasteiger partial charge < -0.3 is 19.5 Å². The number of benzene rings is 2. The molecule has 1 aliphatic carbocycles. The SMILES string of the molecule is C=CCOC(=O)[C@]1(NC(=O)[C@@H]2C[C@@H](OCc3cccc4ccccc34)CN2C(=O)OC(C)(C)C)CC1CC. The highest BCUT2D eigenvalue weighted by Gasteiger charge is 2.62. The lowest BCUT2D eigenvalue weighted by molar-refractivity contribution is -0.149. The number of rotatable bonds is 9. The van der Waals surface area contributed by atoms with Crippen LogP contribution < -0.4 is 5.32 Å². The van der Waals surface area contributed by atoms with E-state index in [-0.39, 0.29) is 25.2 Å². The van der Waals surface area contributed by atoms with E-state index >= 15 is 0 Å². The second kappa shape index (κ2) is 11.2. The van der Waals surface area contributed by atoms with Crippen LogP contribution in [-0.4, -0.2) is 59.3 Å². The number of hydrogen-bond donors (Lipinski definition) is 1. The van der Waals surface area contributed by atoms with Crippen molar-refractivity contribution in [1.82, 2.24) is 10.2 Å². The Morgan fingerprint density at radius 3 is 2.58 bits per heavy atom. The molecule has 2 amide bonds. The summed E-state index contributed by atoms with van der Waals surface area (Å²) in [6, 6.07) is 13.3. The predicted molar refractivity (Wildman–Crippen MR) is 144 cm³/mol. The van der Waals surface area contributed by atoms with Crippen molar-refractivity contribution in [3.05, 3.63) is 60.7 Å². The number of carbonyl (C=O) groups is 3. The maximum atomic E-state index is 13.6. The number of nitrogens with one attached hydrogen (secondary N) is 1. The van der Waals surface area contributed by atoms with Crippen LogP contribution in [0.25, 0.3) is 10.8 Å². The maximum Gasteiger partial charge on any atom is 0.411 e. The fourth-order valence-electron chi connectivity index (χ4n) is 5.16. The van der Waals surface area contributed by atoms with Crippen LogP contribution >= 0.6 is 0 Å². The first kappa shape index (κ1) is 27.6. The monoisotopic (exact) mass is 522 g/mol. The molecule has 2 aliphatic rings. The largest absolute Gasteiger partial charge is 0.460 e. The number of esters is 1. The van der Waals surface area contributed by atoms with Gasteiger partial charge in [0.1, 0.15) is 23.8 Å². The van der Waals surface area contributed by atoms with Gasteiger partial charge in [-0.25, -0.2) is 9.59 Å². The molecule has 1 unspecified atom stereocenters. The lowest BCUT2D eigenvalue weighted by atomic mass is 10.1. The van der Waals surface area contributed by atoms with Crippen molar-refractivity contribution in [3.8, 4) is 0 Å². The summed E-state index contributed by atoms with van der Waals surface area (Å²) < 4.78 is 17.1. The Bertz CT molecular complexity index is 1200. The van der Waals surface area contributed by atoms with Gasteiger partial charge in [-0.1, -0.05) is 68.5 Å². The van der Waals surface area contributed by atoms with E-state index in [1.165, 1.54) is 11.0 Å². The molecule has 4 rings (SSSR count). The molecule has 0 spiro atoms. The predicted octanol–water partition coefficient (Wildman–Crippen LogP) is 4.75. The fourth-order valence-corrected chi connectivity index (χ4v) is 5.16. The van der Waals surface area contributed by atoms with Crippen LogP contribution in [0.1, 0.15) is 52.5 Å². The highest BCUT2D eigenvalue weighted by Crippen LogP contribution is 2.47. The van der Waals surface area contributed by atoms with Crippen molar-refractivity contribution in [2.75, 3.05) is 13.2 Å². The number of ether oxygens (including phenoxy) is 3. The summed E-state index contributed by atoms with van der Waals surface area (Å²) in [6.07, 6.45) is 2.06. The summed E-state index contributed by atoms with van der Waals surface area (Å²) in [7, 11) is 0. The molecule has 0 bridgehead atoms. The quantitative estimate of drug-likeness (QED) is 0.377. The van der Waals surface area contributed by atoms with Crippen LogP contribution in [0.2, 0.25) is 0 Å². The average molecular weight is 523 g/mol. The Labute approximate surface area is 224 Å². The van der Waals surface area contributed by atoms with Gasteiger partial charge in [-0.15, -0.1) is 0 Å². The number of carbonyl (C=O) groups excluding carboxylic acids is 3. The van der Waals surface area contributed by atoms with Gasteiger partial charge in [0.05, 0.1) is 19.3 Å². The molecule has 2 fully saturated rings. The number of nitrogens with zero attached hydrogens (tertiary/aromatic N) is 1. The Balaban J connectivity index is 1.50. The minimum Gasteiger partial charge on any atom is -0.460 e. The molecule has 1 heterocycles. The standard InChI is InChI=1S/C30H38N2O6/c1-6-15-36-27(34)30(17-22(30)7-2)31-26(33)25-16-23(18-32(25)28(35)38-29(3,4)5)37-19-21-13-10-12-20-11-8-9-14-24(20)21/h6,8-14,22-23,25H,1,7,15-19H2,2-5H3,(H,31,33)/t22?,23-,25+,30+/m1/s1. The zero-order valence-corrected chi connectivity index (χ0v) is 22.7. The summed E-state index contributed by atoms with van der Waals surface area (Å²) in [5, 5.41) is 5.16. The van der Waals surface area contributed by atoms with Crippen molar-refractivity contribution >= 4 is 28.7 Å². The fraction of sp³-hybridized carbons (Fsp3) is 0.500. The first-order valence-corrected chi connectivity index (χ1v) is 13.3. The van der Waals surface area contributed by atoms with Gasteiger partial charge in [-0.3, -0.25) is 9.69 Å². The Morgan fingerprint density at radius 1 is 1.16 bits per heavy atom. The van der Waals surface area contributed by atoms with Gasteiger partial charge in [0.2, 0.25) is 5.91 Å². The van der Waals surface area contributed by atoms with E-state index in [0.717, 1.165) is 22.8 Å². The van der Waals surface area contributed by atoms with E-state index in [4.69, 9.17) is 14.2 Å². The molecule has 0 aromatic heterocycles. The normalized spacial score (nSPS) is 24.6. The van der Waals surface area contributed by atoms with Crippen molar-refractivity contribution in [1.29, 1.82) is 0 Å². The van der Waals surface area contributed by atoms with Crippen molar-refractivity contribution in [2.45, 2.75) is 76.9 Å². The van der Waals surface area contributed by atoms with Gasteiger partial charge in [-0.2, -0.15) is 0 Å². The number of amides is 2. The highest BCUT2D eigenvalue weighted by atomic mass is 16.6. The van der Waals surface area contributed by atoms with E-state index in [0.29, 0.717) is 19.4 Å². The van der Waals surface area contributed by atoms with E-state index in [1.54, 1.807) is 20.8 Å². The number of hydrogen-bond acceptors (Lipinski definition) is 6. The molecule has 2 aromatic carbocycles. The van der Waals surface area contributed by atoms with E-state index in [2.05, 4.69) is 30.1 Å². The van der Waals surface area contributed by atoms with Gasteiger partial charge in [-0.05, 0) is 49.4 Å². The van der Waals surface area contributed by atoms with Gasteiger partial charge >= 0.3 is 12.1 Å². The van der Waals surface area contributed by atoms with Crippen molar-refractivity contribution in [2.24, 2.45) is 5.92 Å². The highest BCUT2D eigenvalue weighted by molar-refractivity contribution is 5.94. The zero-order valence-electron chi connectivity index (χ0n) is 22.7. The van der Waals surface area contributed by atoms with Gasteiger partial charge in [0, 0.05) is 6.42 Å². The Hall–Kier alpha value is -3.39.